The summed E-state index contributed by atoms with van der Waals surface area (Å²) in [6, 6.07) is 8.58. The molecule has 1 aromatic carbocycles. The fourth-order valence-electron chi connectivity index (χ4n) is 4.70. The highest BCUT2D eigenvalue weighted by atomic mass is 16.5. The standard InChI is InChI=1S/C27H33N3O5/c1-15(2)24(26(32)28-5)29-25(31)23-9-8-22(35-23)19-7-6-18-10-21(12-20(18)11-19)27(33)30-13-16(3)34-17(4)14-30/h6-11,15-17,24H,12-14H2,1-5H3,(H,28,32)(H,29,31)/t16?,17?,24-/m0/s1. The molecule has 3 amide bonds. The number of furan rings is 1. The second-order valence-electron chi connectivity index (χ2n) is 9.70. The van der Waals surface area contributed by atoms with Gasteiger partial charge < -0.3 is 24.7 Å². The highest BCUT2D eigenvalue weighted by Gasteiger charge is 2.30. The first-order chi connectivity index (χ1) is 16.7. The van der Waals surface area contributed by atoms with E-state index in [1.54, 1.807) is 19.2 Å². The molecule has 4 rings (SSSR count). The molecule has 8 heteroatoms. The molecule has 2 unspecified atom stereocenters. The van der Waals surface area contributed by atoms with Crippen molar-refractivity contribution in [3.8, 4) is 11.3 Å². The van der Waals surface area contributed by atoms with Crippen LogP contribution in [0.5, 0.6) is 0 Å². The topological polar surface area (TPSA) is 101 Å². The molecule has 2 aromatic rings. The fraction of sp³-hybridized carbons (Fsp3) is 0.444. The summed E-state index contributed by atoms with van der Waals surface area (Å²) in [7, 11) is 1.54. The largest absolute Gasteiger partial charge is 0.451 e. The van der Waals surface area contributed by atoms with Gasteiger partial charge in [0.1, 0.15) is 11.8 Å². The van der Waals surface area contributed by atoms with E-state index in [0.717, 1.165) is 22.3 Å². The fourth-order valence-corrected chi connectivity index (χ4v) is 4.70. The maximum Gasteiger partial charge on any atom is 0.287 e. The number of carbonyl (C=O) groups is 3. The Morgan fingerprint density at radius 3 is 2.43 bits per heavy atom. The highest BCUT2D eigenvalue weighted by molar-refractivity contribution is 6.00. The predicted molar refractivity (Wildman–Crippen MR) is 133 cm³/mol. The van der Waals surface area contributed by atoms with Crippen molar-refractivity contribution in [1.29, 1.82) is 0 Å². The Labute approximate surface area is 205 Å². The van der Waals surface area contributed by atoms with Crippen molar-refractivity contribution in [2.24, 2.45) is 5.92 Å². The molecule has 186 valence electrons. The van der Waals surface area contributed by atoms with Gasteiger partial charge in [0.15, 0.2) is 5.76 Å². The maximum absolute atomic E-state index is 13.1. The maximum atomic E-state index is 13.1. The number of carbonyl (C=O) groups excluding carboxylic acids is 3. The Bertz CT molecular complexity index is 1160. The van der Waals surface area contributed by atoms with Crippen LogP contribution in [0.2, 0.25) is 0 Å². The lowest BCUT2D eigenvalue weighted by atomic mass is 10.0. The second kappa shape index (κ2) is 10.1. The molecule has 0 bridgehead atoms. The van der Waals surface area contributed by atoms with E-state index in [0.29, 0.717) is 25.3 Å². The first-order valence-corrected chi connectivity index (χ1v) is 12.1. The number of nitrogens with one attached hydrogen (secondary N) is 2. The summed E-state index contributed by atoms with van der Waals surface area (Å²) in [6.45, 7) is 8.89. The second-order valence-corrected chi connectivity index (χ2v) is 9.70. The van der Waals surface area contributed by atoms with Crippen molar-refractivity contribution in [3.05, 3.63) is 52.8 Å². The number of morpholine rings is 1. The van der Waals surface area contributed by atoms with E-state index in [4.69, 9.17) is 9.15 Å². The van der Waals surface area contributed by atoms with Gasteiger partial charge in [-0.3, -0.25) is 14.4 Å². The lowest BCUT2D eigenvalue weighted by molar-refractivity contribution is -0.139. The van der Waals surface area contributed by atoms with Gasteiger partial charge in [-0.15, -0.1) is 0 Å². The Balaban J connectivity index is 1.45. The smallest absolute Gasteiger partial charge is 0.287 e. The number of amides is 3. The summed E-state index contributed by atoms with van der Waals surface area (Å²) in [5.74, 6) is -0.0223. The minimum Gasteiger partial charge on any atom is -0.451 e. The molecule has 0 saturated carbocycles. The highest BCUT2D eigenvalue weighted by Crippen LogP contribution is 2.32. The quantitative estimate of drug-likeness (QED) is 0.663. The van der Waals surface area contributed by atoms with Crippen molar-refractivity contribution < 1.29 is 23.5 Å². The Morgan fingerprint density at radius 2 is 1.77 bits per heavy atom. The normalized spacial score (nSPS) is 20.3. The Kier molecular flexibility index (Phi) is 7.12. The molecule has 2 aliphatic rings. The van der Waals surface area contributed by atoms with Crippen molar-refractivity contribution in [2.45, 2.75) is 52.4 Å². The van der Waals surface area contributed by atoms with Crippen molar-refractivity contribution >= 4 is 23.8 Å². The lowest BCUT2D eigenvalue weighted by Crippen LogP contribution is -2.48. The number of nitrogens with zero attached hydrogens (tertiary/aromatic N) is 1. The first kappa shape index (κ1) is 24.7. The Hall–Kier alpha value is -3.39. The monoisotopic (exact) mass is 479 g/mol. The van der Waals surface area contributed by atoms with Crippen molar-refractivity contribution in [1.82, 2.24) is 15.5 Å². The summed E-state index contributed by atoms with van der Waals surface area (Å²) in [6.07, 6.45) is 2.56. The van der Waals surface area contributed by atoms with Gasteiger partial charge >= 0.3 is 0 Å². The lowest BCUT2D eigenvalue weighted by Gasteiger charge is -2.35. The molecule has 0 spiro atoms. The summed E-state index contributed by atoms with van der Waals surface area (Å²) in [4.78, 5) is 39.7. The number of hydrogen-bond acceptors (Lipinski definition) is 5. The van der Waals surface area contributed by atoms with Gasteiger partial charge in [0.05, 0.1) is 12.2 Å². The first-order valence-electron chi connectivity index (χ1n) is 12.1. The molecule has 35 heavy (non-hydrogen) atoms. The number of ether oxygens (including phenoxy) is 1. The van der Waals surface area contributed by atoms with Crippen LogP contribution < -0.4 is 10.6 Å². The molecule has 2 N–H and O–H groups in total. The van der Waals surface area contributed by atoms with Crippen LogP contribution in [0.25, 0.3) is 17.4 Å². The molecule has 8 nitrogen and oxygen atoms in total. The van der Waals surface area contributed by atoms with Crippen molar-refractivity contribution in [2.75, 3.05) is 20.1 Å². The Morgan fingerprint density at radius 1 is 1.06 bits per heavy atom. The van der Waals surface area contributed by atoms with Crippen LogP contribution in [0.3, 0.4) is 0 Å². The SMILES string of the molecule is CNC(=O)[C@@H](NC(=O)c1ccc(-c2ccc3c(c2)CC(C(=O)N2CC(C)OC(C)C2)=C3)o1)C(C)C. The van der Waals surface area contributed by atoms with E-state index in [1.165, 1.54) is 0 Å². The predicted octanol–water partition coefficient (Wildman–Crippen LogP) is 3.02. The van der Waals surface area contributed by atoms with Crippen LogP contribution in [0, 0.1) is 5.92 Å². The van der Waals surface area contributed by atoms with E-state index >= 15 is 0 Å². The minimum absolute atomic E-state index is 0.0243. The van der Waals surface area contributed by atoms with Gasteiger partial charge in [-0.2, -0.15) is 0 Å². The zero-order chi connectivity index (χ0) is 25.3. The number of likely N-dealkylation sites (N-methyl/N-ethyl adjacent to an activating group) is 1. The van der Waals surface area contributed by atoms with E-state index in [-0.39, 0.29) is 35.7 Å². The van der Waals surface area contributed by atoms with Crippen LogP contribution in [0.15, 0.2) is 40.3 Å². The third kappa shape index (κ3) is 5.32. The van der Waals surface area contributed by atoms with Crippen molar-refractivity contribution in [3.63, 3.8) is 0 Å². The van der Waals surface area contributed by atoms with E-state index in [1.807, 2.05) is 56.9 Å². The minimum atomic E-state index is -0.652. The molecule has 3 atom stereocenters. The van der Waals surface area contributed by atoms with Crippen LogP contribution in [0.4, 0.5) is 0 Å². The average Bonchev–Trinajstić information content (AvgIpc) is 3.47. The zero-order valence-corrected chi connectivity index (χ0v) is 20.9. The molecule has 1 aliphatic carbocycles. The summed E-state index contributed by atoms with van der Waals surface area (Å²) >= 11 is 0. The molecule has 1 aromatic heterocycles. The summed E-state index contributed by atoms with van der Waals surface area (Å²) in [5, 5.41) is 5.31. The summed E-state index contributed by atoms with van der Waals surface area (Å²) < 4.78 is 11.6. The van der Waals surface area contributed by atoms with Gasteiger partial charge in [-0.05, 0) is 55.2 Å². The van der Waals surface area contributed by atoms with Crippen LogP contribution >= 0.6 is 0 Å². The number of fused-ring (bicyclic) bond motifs is 1. The van der Waals surface area contributed by atoms with Gasteiger partial charge in [-0.25, -0.2) is 0 Å². The van der Waals surface area contributed by atoms with Gasteiger partial charge in [0.2, 0.25) is 11.8 Å². The summed E-state index contributed by atoms with van der Waals surface area (Å²) in [5.41, 5.74) is 3.65. The van der Waals surface area contributed by atoms with Crippen LogP contribution in [-0.2, 0) is 20.7 Å². The molecule has 0 radical (unpaired) electrons. The molecular formula is C27H33N3O5. The number of benzene rings is 1. The molecule has 2 heterocycles. The van der Waals surface area contributed by atoms with Gasteiger partial charge in [-0.1, -0.05) is 26.0 Å². The average molecular weight is 480 g/mol. The van der Waals surface area contributed by atoms with Gasteiger partial charge in [0.25, 0.3) is 5.91 Å². The van der Waals surface area contributed by atoms with E-state index in [9.17, 15) is 14.4 Å². The zero-order valence-electron chi connectivity index (χ0n) is 20.9. The van der Waals surface area contributed by atoms with Crippen LogP contribution in [-0.4, -0.2) is 61.0 Å². The van der Waals surface area contributed by atoms with E-state index in [2.05, 4.69) is 10.6 Å². The molecular weight excluding hydrogens is 446 g/mol. The molecule has 1 saturated heterocycles. The third-order valence-corrected chi connectivity index (χ3v) is 6.43. The number of rotatable bonds is 6. The third-order valence-electron chi connectivity index (χ3n) is 6.43. The van der Waals surface area contributed by atoms with E-state index < -0.39 is 11.9 Å². The number of hydrogen-bond donors (Lipinski definition) is 2. The van der Waals surface area contributed by atoms with Gasteiger partial charge in [0, 0.05) is 37.7 Å². The molecule has 1 fully saturated rings. The molecule has 1 aliphatic heterocycles. The van der Waals surface area contributed by atoms with Crippen LogP contribution in [0.1, 0.15) is 49.4 Å².